The van der Waals surface area contributed by atoms with Crippen molar-refractivity contribution in [1.82, 2.24) is 20.2 Å². The van der Waals surface area contributed by atoms with Gasteiger partial charge in [0.25, 0.3) is 0 Å². The van der Waals surface area contributed by atoms with Gasteiger partial charge in [-0.1, -0.05) is 49.0 Å². The van der Waals surface area contributed by atoms with Gasteiger partial charge in [0.2, 0.25) is 0 Å². The van der Waals surface area contributed by atoms with Crippen LogP contribution < -0.4 is 15.1 Å². The molecule has 6 rings (SSSR count). The third-order valence-corrected chi connectivity index (χ3v) is 7.85. The Morgan fingerprint density at radius 3 is 2.61 bits per heavy atom. The summed E-state index contributed by atoms with van der Waals surface area (Å²) in [6.45, 7) is 3.72. The smallest absolute Gasteiger partial charge is 0.406 e. The lowest BCUT2D eigenvalue weighted by molar-refractivity contribution is -0.274. The number of benzene rings is 3. The van der Waals surface area contributed by atoms with E-state index in [1.165, 1.54) is 53.3 Å². The number of hydrogen-bond acceptors (Lipinski definition) is 6. The molecular weight excluding hydrogens is 598 g/mol. The molecule has 0 aliphatic carbocycles. The third kappa shape index (κ3) is 6.20. The second kappa shape index (κ2) is 11.6. The molecule has 1 fully saturated rings. The highest BCUT2D eigenvalue weighted by molar-refractivity contribution is 8.14. The van der Waals surface area contributed by atoms with Crippen LogP contribution in [0.1, 0.15) is 29.5 Å². The molecule has 0 saturated carbocycles. The van der Waals surface area contributed by atoms with Gasteiger partial charge in [-0.05, 0) is 60.0 Å². The van der Waals surface area contributed by atoms with Crippen LogP contribution in [0, 0.1) is 12.7 Å². The monoisotopic (exact) mass is 621 g/mol. The number of urea groups is 1. The van der Waals surface area contributed by atoms with Crippen LogP contribution >= 0.6 is 11.8 Å². The molecule has 1 saturated heterocycles. The number of amidine groups is 1. The highest BCUT2D eigenvalue weighted by Crippen LogP contribution is 2.43. The van der Waals surface area contributed by atoms with Crippen molar-refractivity contribution in [3.05, 3.63) is 101 Å². The van der Waals surface area contributed by atoms with E-state index in [1.807, 2.05) is 11.8 Å². The fourth-order valence-corrected chi connectivity index (χ4v) is 5.78. The number of hydrazone groups is 1. The van der Waals surface area contributed by atoms with Gasteiger partial charge < -0.3 is 4.74 Å². The van der Waals surface area contributed by atoms with Crippen molar-refractivity contribution in [1.29, 1.82) is 0 Å². The van der Waals surface area contributed by atoms with Crippen molar-refractivity contribution in [3.63, 3.8) is 0 Å². The van der Waals surface area contributed by atoms with Gasteiger partial charge in [0.05, 0.1) is 17.6 Å². The van der Waals surface area contributed by atoms with Crippen molar-refractivity contribution in [2.24, 2.45) is 10.1 Å². The zero-order chi connectivity index (χ0) is 31.0. The molecule has 3 aromatic carbocycles. The molecule has 4 aromatic rings. The molecule has 9 nitrogen and oxygen atoms in total. The van der Waals surface area contributed by atoms with E-state index in [1.54, 1.807) is 43.3 Å². The fourth-order valence-electron chi connectivity index (χ4n) is 4.78. The second-order valence-electron chi connectivity index (χ2n) is 9.98. The van der Waals surface area contributed by atoms with Gasteiger partial charge in [-0.15, -0.1) is 18.3 Å². The lowest BCUT2D eigenvalue weighted by Crippen LogP contribution is -2.29. The summed E-state index contributed by atoms with van der Waals surface area (Å²) in [5.41, 5.74) is 7.49. The molecule has 1 N–H and O–H groups in total. The van der Waals surface area contributed by atoms with Crippen LogP contribution in [0.25, 0.3) is 17.1 Å². The first-order chi connectivity index (χ1) is 21.0. The Kier molecular flexibility index (Phi) is 7.67. The predicted molar refractivity (Wildman–Crippen MR) is 160 cm³/mol. The maximum Gasteiger partial charge on any atom is 0.573 e. The van der Waals surface area contributed by atoms with Gasteiger partial charge in [0.15, 0.2) is 11.0 Å². The van der Waals surface area contributed by atoms with Crippen molar-refractivity contribution in [3.8, 4) is 22.8 Å². The fraction of sp³-hybridized carbons (Fsp3) is 0.167. The first-order valence-corrected chi connectivity index (χ1v) is 14.3. The normalized spacial score (nSPS) is 17.0. The van der Waals surface area contributed by atoms with E-state index in [0.29, 0.717) is 39.1 Å². The van der Waals surface area contributed by atoms with Crippen molar-refractivity contribution in [2.75, 3.05) is 10.7 Å². The third-order valence-electron chi connectivity index (χ3n) is 6.88. The number of fused-ring (bicyclic) bond motifs is 3. The van der Waals surface area contributed by atoms with Gasteiger partial charge in [-0.3, -0.25) is 4.90 Å². The summed E-state index contributed by atoms with van der Waals surface area (Å²) in [5, 5.41) is 8.88. The summed E-state index contributed by atoms with van der Waals surface area (Å²) in [6.07, 6.45) is 0.208. The van der Waals surface area contributed by atoms with Crippen LogP contribution in [0.4, 0.5) is 28.0 Å². The molecule has 1 atom stereocenters. The maximum atomic E-state index is 14.2. The predicted octanol–water partition coefficient (Wildman–Crippen LogP) is 6.93. The molecule has 2 aliphatic heterocycles. The average Bonchev–Trinajstić information content (AvgIpc) is 3.62. The number of carbonyl (C=O) groups is 1. The second-order valence-corrected chi connectivity index (χ2v) is 10.9. The number of ether oxygens (including phenoxy) is 1. The Balaban J connectivity index is 1.08. The van der Waals surface area contributed by atoms with Crippen molar-refractivity contribution in [2.45, 2.75) is 26.1 Å². The maximum absolute atomic E-state index is 14.2. The SMILES string of the molecule is Cc1cc2c(cc1F)C(C)C=C1CSC(=NC(=O)N/N=C/c3ccc(-c4ncn(-c5ccc(OC(F)(F)F)cc5)n4)cc3)N12. The Labute approximate surface area is 253 Å². The quantitative estimate of drug-likeness (QED) is 0.147. The molecule has 3 heterocycles. The van der Waals surface area contributed by atoms with Crippen LogP contribution in [0.3, 0.4) is 0 Å². The number of nitrogens with zero attached hydrogens (tertiary/aromatic N) is 6. The van der Waals surface area contributed by atoms with E-state index in [-0.39, 0.29) is 17.5 Å². The molecular formula is C30H23F4N7O2S. The number of nitrogens with one attached hydrogen (secondary N) is 1. The molecule has 224 valence electrons. The molecule has 0 radical (unpaired) electrons. The van der Waals surface area contributed by atoms with E-state index >= 15 is 0 Å². The van der Waals surface area contributed by atoms with E-state index < -0.39 is 12.4 Å². The number of amides is 2. The largest absolute Gasteiger partial charge is 0.573 e. The Bertz CT molecular complexity index is 1820. The number of hydrogen-bond donors (Lipinski definition) is 1. The summed E-state index contributed by atoms with van der Waals surface area (Å²) in [6, 6.07) is 15.0. The summed E-state index contributed by atoms with van der Waals surface area (Å²) in [4.78, 5) is 23.0. The number of carbonyl (C=O) groups excluding carboxylic acids is 1. The number of alkyl halides is 3. The Hall–Kier alpha value is -4.98. The standard InChI is InChI=1S/C30H23F4N7O2S/c1-17-11-22-15-44-29(41(22)26-12-18(2)25(31)13-24(17)26)37-28(42)38-36-14-19-3-5-20(6-4-19)27-35-16-40(39-27)21-7-9-23(10-8-21)43-30(32,33)34/h3-14,16-17H,15H2,1-2H3,(H,38,42)/b36-14+,37-29?. The first kappa shape index (κ1) is 29.1. The number of allylic oxidation sites excluding steroid dienone is 1. The van der Waals surface area contributed by atoms with Crippen molar-refractivity contribution < 1.29 is 27.1 Å². The minimum atomic E-state index is -4.77. The van der Waals surface area contributed by atoms with Crippen LogP contribution in [-0.2, 0) is 0 Å². The summed E-state index contributed by atoms with van der Waals surface area (Å²) >= 11 is 1.42. The summed E-state index contributed by atoms with van der Waals surface area (Å²) < 4.78 is 56.7. The molecule has 1 aromatic heterocycles. The highest BCUT2D eigenvalue weighted by atomic mass is 32.2. The van der Waals surface area contributed by atoms with E-state index in [2.05, 4.69) is 36.4 Å². The van der Waals surface area contributed by atoms with E-state index in [9.17, 15) is 22.4 Å². The number of aromatic nitrogens is 3. The zero-order valence-electron chi connectivity index (χ0n) is 23.2. The lowest BCUT2D eigenvalue weighted by Gasteiger charge is -2.30. The van der Waals surface area contributed by atoms with E-state index in [4.69, 9.17) is 0 Å². The Morgan fingerprint density at radius 2 is 1.89 bits per heavy atom. The van der Waals surface area contributed by atoms with Crippen LogP contribution in [-0.4, -0.2) is 44.3 Å². The first-order valence-electron chi connectivity index (χ1n) is 13.3. The molecule has 0 bridgehead atoms. The van der Waals surface area contributed by atoms with Crippen LogP contribution in [0.15, 0.2) is 88.9 Å². The van der Waals surface area contributed by atoms with Gasteiger partial charge in [0.1, 0.15) is 17.9 Å². The number of aryl methyl sites for hydroxylation is 1. The number of halogens is 4. The van der Waals surface area contributed by atoms with Crippen LogP contribution in [0.5, 0.6) is 5.75 Å². The number of rotatable bonds is 5. The van der Waals surface area contributed by atoms with Gasteiger partial charge in [0, 0.05) is 22.9 Å². The molecule has 0 spiro atoms. The topological polar surface area (TPSA) is 97.0 Å². The van der Waals surface area contributed by atoms with Crippen LogP contribution in [0.2, 0.25) is 0 Å². The number of aliphatic imine (C=N–C) groups is 1. The summed E-state index contributed by atoms with van der Waals surface area (Å²) in [5.74, 6) is 0.503. The highest BCUT2D eigenvalue weighted by Gasteiger charge is 2.34. The molecule has 1 unspecified atom stereocenters. The number of anilines is 1. The van der Waals surface area contributed by atoms with Gasteiger partial charge in [-0.2, -0.15) is 10.1 Å². The van der Waals surface area contributed by atoms with Crippen molar-refractivity contribution >= 4 is 34.9 Å². The molecule has 14 heteroatoms. The minimum absolute atomic E-state index is 0.0464. The molecule has 2 aliphatic rings. The molecule has 44 heavy (non-hydrogen) atoms. The van der Waals surface area contributed by atoms with Gasteiger partial charge >= 0.3 is 12.4 Å². The average molecular weight is 622 g/mol. The number of thioether (sulfide) groups is 1. The lowest BCUT2D eigenvalue weighted by atomic mass is 9.92. The zero-order valence-corrected chi connectivity index (χ0v) is 24.0. The molecule has 2 amide bonds. The minimum Gasteiger partial charge on any atom is -0.406 e. The Morgan fingerprint density at radius 1 is 1.14 bits per heavy atom. The summed E-state index contributed by atoms with van der Waals surface area (Å²) in [7, 11) is 0. The van der Waals surface area contributed by atoms with Gasteiger partial charge in [-0.25, -0.2) is 24.3 Å². The van der Waals surface area contributed by atoms with E-state index in [0.717, 1.165) is 16.9 Å².